The number of hydrogen-bond acceptors (Lipinski definition) is 5. The fourth-order valence-electron chi connectivity index (χ4n) is 2.42. The van der Waals surface area contributed by atoms with Gasteiger partial charge in [0.2, 0.25) is 0 Å². The Morgan fingerprint density at radius 3 is 2.62 bits per heavy atom. The number of nitro groups is 1. The number of carbonyl (C=O) groups is 2. The van der Waals surface area contributed by atoms with Crippen LogP contribution in [0, 0.1) is 10.1 Å². The molecule has 0 aliphatic heterocycles. The molecule has 1 heterocycles. The lowest BCUT2D eigenvalue weighted by Gasteiger charge is -2.07. The predicted octanol–water partition coefficient (Wildman–Crippen LogP) is 3.24. The molecule has 0 spiro atoms. The summed E-state index contributed by atoms with van der Waals surface area (Å²) < 4.78 is 1.37. The third-order valence-electron chi connectivity index (χ3n) is 3.68. The van der Waals surface area contributed by atoms with Gasteiger partial charge in [-0.15, -0.1) is 0 Å². The van der Waals surface area contributed by atoms with Gasteiger partial charge in [-0.3, -0.25) is 19.7 Å². The van der Waals surface area contributed by atoms with Gasteiger partial charge in [0.1, 0.15) is 0 Å². The van der Waals surface area contributed by atoms with Crippen molar-refractivity contribution in [1.82, 2.24) is 9.78 Å². The van der Waals surface area contributed by atoms with Crippen LogP contribution in [0.2, 0.25) is 0 Å². The molecule has 0 fully saturated rings. The van der Waals surface area contributed by atoms with Gasteiger partial charge in [0.25, 0.3) is 11.6 Å². The van der Waals surface area contributed by atoms with Gasteiger partial charge in [-0.1, -0.05) is 18.2 Å². The first kappa shape index (κ1) is 17.0. The van der Waals surface area contributed by atoms with Crippen LogP contribution in [0.3, 0.4) is 0 Å². The average molecular weight is 350 g/mol. The molecule has 3 rings (SSSR count). The van der Waals surface area contributed by atoms with Crippen LogP contribution in [0.15, 0.2) is 60.8 Å². The van der Waals surface area contributed by atoms with Crippen LogP contribution in [0.1, 0.15) is 27.8 Å². The van der Waals surface area contributed by atoms with Crippen LogP contribution in [-0.4, -0.2) is 26.4 Å². The third-order valence-corrected chi connectivity index (χ3v) is 3.68. The van der Waals surface area contributed by atoms with Gasteiger partial charge in [0, 0.05) is 23.9 Å². The summed E-state index contributed by atoms with van der Waals surface area (Å²) in [4.78, 5) is 34.4. The highest BCUT2D eigenvalue weighted by atomic mass is 16.6. The molecule has 3 aromatic rings. The van der Waals surface area contributed by atoms with Crippen LogP contribution in [0.5, 0.6) is 0 Å². The third kappa shape index (κ3) is 3.48. The molecule has 1 amide bonds. The number of anilines is 1. The molecule has 1 N–H and O–H groups in total. The van der Waals surface area contributed by atoms with E-state index in [-0.39, 0.29) is 17.2 Å². The van der Waals surface area contributed by atoms with E-state index in [0.717, 1.165) is 0 Å². The summed E-state index contributed by atoms with van der Waals surface area (Å²) in [7, 11) is 0. The van der Waals surface area contributed by atoms with Crippen LogP contribution in [0.4, 0.5) is 11.4 Å². The van der Waals surface area contributed by atoms with Crippen molar-refractivity contribution in [3.8, 4) is 5.69 Å². The Morgan fingerprint density at radius 2 is 1.88 bits per heavy atom. The fourth-order valence-corrected chi connectivity index (χ4v) is 2.42. The van der Waals surface area contributed by atoms with Crippen LogP contribution in [-0.2, 0) is 0 Å². The van der Waals surface area contributed by atoms with E-state index >= 15 is 0 Å². The van der Waals surface area contributed by atoms with E-state index in [4.69, 9.17) is 0 Å². The zero-order valence-corrected chi connectivity index (χ0v) is 13.7. The van der Waals surface area contributed by atoms with E-state index in [9.17, 15) is 19.7 Å². The standard InChI is InChI=1S/C18H14N4O4/c1-12(23)15-7-2-3-8-16(15)19-18(24)17-9-10-21(20-17)13-5-4-6-14(11-13)22(25)26/h2-11H,1H3,(H,19,24). The Labute approximate surface area is 148 Å². The molecule has 0 unspecified atom stereocenters. The van der Waals surface area contributed by atoms with Crippen molar-refractivity contribution >= 4 is 23.1 Å². The molecular formula is C18H14N4O4. The Morgan fingerprint density at radius 1 is 1.12 bits per heavy atom. The molecule has 2 aromatic carbocycles. The molecule has 0 bridgehead atoms. The Kier molecular flexibility index (Phi) is 4.57. The van der Waals surface area contributed by atoms with Gasteiger partial charge in [-0.2, -0.15) is 5.10 Å². The second-order valence-corrected chi connectivity index (χ2v) is 5.48. The maximum atomic E-state index is 12.4. The molecule has 8 nitrogen and oxygen atoms in total. The second-order valence-electron chi connectivity index (χ2n) is 5.48. The Hall–Kier alpha value is -3.81. The number of nitro benzene ring substituents is 1. The van der Waals surface area contributed by atoms with Gasteiger partial charge in [-0.25, -0.2) is 4.68 Å². The summed E-state index contributed by atoms with van der Waals surface area (Å²) in [5.74, 6) is -0.647. The number of hydrogen-bond donors (Lipinski definition) is 1. The minimum absolute atomic E-state index is 0.0700. The van der Waals surface area contributed by atoms with Crippen molar-refractivity contribution < 1.29 is 14.5 Å². The maximum Gasteiger partial charge on any atom is 0.276 e. The number of Topliss-reactive ketones (excluding diaryl/α,β-unsaturated/α-hetero) is 1. The molecule has 8 heteroatoms. The number of ketones is 1. The zero-order chi connectivity index (χ0) is 18.7. The van der Waals surface area contributed by atoms with Gasteiger partial charge >= 0.3 is 0 Å². The monoisotopic (exact) mass is 350 g/mol. The van der Waals surface area contributed by atoms with E-state index in [1.54, 1.807) is 30.3 Å². The average Bonchev–Trinajstić information content (AvgIpc) is 3.12. The topological polar surface area (TPSA) is 107 Å². The van der Waals surface area contributed by atoms with Crippen molar-refractivity contribution in [1.29, 1.82) is 0 Å². The highest BCUT2D eigenvalue weighted by molar-refractivity contribution is 6.08. The van der Waals surface area contributed by atoms with Crippen molar-refractivity contribution in [2.45, 2.75) is 6.92 Å². The highest BCUT2D eigenvalue weighted by Crippen LogP contribution is 2.18. The number of carbonyl (C=O) groups excluding carboxylic acids is 2. The van der Waals surface area contributed by atoms with Gasteiger partial charge in [-0.05, 0) is 31.2 Å². The minimum Gasteiger partial charge on any atom is -0.320 e. The van der Waals surface area contributed by atoms with Crippen LogP contribution < -0.4 is 5.32 Å². The van der Waals surface area contributed by atoms with E-state index in [1.165, 1.54) is 42.1 Å². The summed E-state index contributed by atoms with van der Waals surface area (Å²) in [5.41, 5.74) is 1.31. The first-order valence-corrected chi connectivity index (χ1v) is 7.67. The number of benzene rings is 2. The smallest absolute Gasteiger partial charge is 0.276 e. The summed E-state index contributed by atoms with van der Waals surface area (Å²) >= 11 is 0. The quantitative estimate of drug-likeness (QED) is 0.432. The van der Waals surface area contributed by atoms with Crippen LogP contribution >= 0.6 is 0 Å². The number of non-ortho nitro benzene ring substituents is 1. The zero-order valence-electron chi connectivity index (χ0n) is 13.7. The molecule has 1 aromatic heterocycles. The van der Waals surface area contributed by atoms with Crippen molar-refractivity contribution in [2.75, 3.05) is 5.32 Å². The molecule has 0 saturated heterocycles. The largest absolute Gasteiger partial charge is 0.320 e. The summed E-state index contributed by atoms with van der Waals surface area (Å²) in [5, 5.41) is 17.7. The fraction of sp³-hybridized carbons (Fsp3) is 0.0556. The first-order valence-electron chi connectivity index (χ1n) is 7.67. The van der Waals surface area contributed by atoms with E-state index in [2.05, 4.69) is 10.4 Å². The Bertz CT molecular complexity index is 1010. The van der Waals surface area contributed by atoms with Gasteiger partial charge in [0.15, 0.2) is 11.5 Å². The summed E-state index contributed by atoms with van der Waals surface area (Å²) in [6, 6.07) is 14.1. The minimum atomic E-state index is -0.501. The SMILES string of the molecule is CC(=O)c1ccccc1NC(=O)c1ccn(-c2cccc([N+](=O)[O-])c2)n1. The molecule has 0 atom stereocenters. The maximum absolute atomic E-state index is 12.4. The number of rotatable bonds is 5. The lowest BCUT2D eigenvalue weighted by Crippen LogP contribution is -2.15. The number of nitrogens with one attached hydrogen (secondary N) is 1. The number of para-hydroxylation sites is 1. The molecule has 130 valence electrons. The molecule has 0 saturated carbocycles. The first-order chi connectivity index (χ1) is 12.5. The Balaban J connectivity index is 1.84. The lowest BCUT2D eigenvalue weighted by atomic mass is 10.1. The number of aromatic nitrogens is 2. The van der Waals surface area contributed by atoms with Crippen molar-refractivity contribution in [3.63, 3.8) is 0 Å². The summed E-state index contributed by atoms with van der Waals surface area (Å²) in [6.07, 6.45) is 1.53. The summed E-state index contributed by atoms with van der Waals surface area (Å²) in [6.45, 7) is 1.42. The normalized spacial score (nSPS) is 10.3. The molecule has 26 heavy (non-hydrogen) atoms. The van der Waals surface area contributed by atoms with Gasteiger partial charge < -0.3 is 5.32 Å². The second kappa shape index (κ2) is 6.98. The lowest BCUT2D eigenvalue weighted by molar-refractivity contribution is -0.384. The molecule has 0 aliphatic rings. The van der Waals surface area contributed by atoms with Crippen LogP contribution in [0.25, 0.3) is 5.69 Å². The van der Waals surface area contributed by atoms with E-state index in [1.807, 2.05) is 0 Å². The molecular weight excluding hydrogens is 336 g/mol. The highest BCUT2D eigenvalue weighted by Gasteiger charge is 2.15. The predicted molar refractivity (Wildman–Crippen MR) is 94.6 cm³/mol. The van der Waals surface area contributed by atoms with Crippen molar-refractivity contribution in [2.24, 2.45) is 0 Å². The van der Waals surface area contributed by atoms with E-state index in [0.29, 0.717) is 16.9 Å². The number of nitrogens with zero attached hydrogens (tertiary/aromatic N) is 3. The van der Waals surface area contributed by atoms with Gasteiger partial charge in [0.05, 0.1) is 16.3 Å². The molecule has 0 radical (unpaired) electrons. The van der Waals surface area contributed by atoms with E-state index < -0.39 is 10.8 Å². The van der Waals surface area contributed by atoms with Crippen molar-refractivity contribution in [3.05, 3.63) is 82.2 Å². The number of amides is 1. The molecule has 0 aliphatic carbocycles.